The molecule has 1 N–H and O–H groups in total. The number of nitrogens with one attached hydrogen (secondary N) is 1. The van der Waals surface area contributed by atoms with E-state index in [1.165, 1.54) is 11.1 Å². The standard InChI is InChI=1S/C15H22BrNO2/c1-2-17-10-12-3-4-13(15(16)9-12)11-19-14-5-7-18-8-6-14/h3-4,9,14,17H,2,5-8,10-11H2,1H3. The minimum atomic E-state index is 0.349. The molecule has 0 saturated carbocycles. The van der Waals surface area contributed by atoms with E-state index in [4.69, 9.17) is 9.47 Å². The van der Waals surface area contributed by atoms with Gasteiger partial charge >= 0.3 is 0 Å². The third-order valence-electron chi connectivity index (χ3n) is 3.34. The van der Waals surface area contributed by atoms with Gasteiger partial charge in [0.05, 0.1) is 12.7 Å². The first-order valence-corrected chi connectivity index (χ1v) is 7.76. The maximum absolute atomic E-state index is 5.95. The Bertz CT molecular complexity index is 392. The average molecular weight is 328 g/mol. The Balaban J connectivity index is 1.85. The molecule has 1 fully saturated rings. The Morgan fingerprint density at radius 2 is 2.16 bits per heavy atom. The van der Waals surface area contributed by atoms with Gasteiger partial charge in [-0.05, 0) is 36.6 Å². The van der Waals surface area contributed by atoms with Crippen LogP contribution < -0.4 is 5.32 Å². The van der Waals surface area contributed by atoms with Crippen LogP contribution in [-0.2, 0) is 22.6 Å². The zero-order valence-corrected chi connectivity index (χ0v) is 13.0. The van der Waals surface area contributed by atoms with E-state index in [-0.39, 0.29) is 0 Å². The number of benzene rings is 1. The summed E-state index contributed by atoms with van der Waals surface area (Å²) in [6.45, 7) is 6.35. The van der Waals surface area contributed by atoms with Crippen LogP contribution in [0.2, 0.25) is 0 Å². The third kappa shape index (κ3) is 4.88. The van der Waals surface area contributed by atoms with Crippen LogP contribution in [0.15, 0.2) is 22.7 Å². The van der Waals surface area contributed by atoms with E-state index in [2.05, 4.69) is 46.4 Å². The lowest BCUT2D eigenvalue weighted by molar-refractivity contribution is -0.0392. The van der Waals surface area contributed by atoms with Gasteiger partial charge in [-0.3, -0.25) is 0 Å². The SMILES string of the molecule is CCNCc1ccc(COC2CCOCC2)c(Br)c1. The van der Waals surface area contributed by atoms with Gasteiger partial charge in [0, 0.05) is 24.2 Å². The zero-order valence-electron chi connectivity index (χ0n) is 11.5. The molecule has 0 amide bonds. The molecule has 0 atom stereocenters. The highest BCUT2D eigenvalue weighted by Crippen LogP contribution is 2.21. The van der Waals surface area contributed by atoms with E-state index in [1.54, 1.807) is 0 Å². The van der Waals surface area contributed by atoms with Crippen molar-refractivity contribution in [3.63, 3.8) is 0 Å². The monoisotopic (exact) mass is 327 g/mol. The maximum atomic E-state index is 5.95. The molecule has 4 heteroatoms. The molecule has 3 nitrogen and oxygen atoms in total. The molecule has 1 aromatic rings. The van der Waals surface area contributed by atoms with Crippen molar-refractivity contribution in [2.45, 2.75) is 39.0 Å². The van der Waals surface area contributed by atoms with Crippen LogP contribution in [0.5, 0.6) is 0 Å². The molecule has 1 heterocycles. The number of rotatable bonds is 6. The van der Waals surface area contributed by atoms with Crippen LogP contribution in [0.1, 0.15) is 30.9 Å². The van der Waals surface area contributed by atoms with Gasteiger partial charge in [-0.15, -0.1) is 0 Å². The summed E-state index contributed by atoms with van der Waals surface area (Å²) in [5, 5.41) is 3.33. The van der Waals surface area contributed by atoms with Crippen molar-refractivity contribution in [1.29, 1.82) is 0 Å². The fourth-order valence-electron chi connectivity index (χ4n) is 2.14. The first kappa shape index (κ1) is 15.0. The first-order valence-electron chi connectivity index (χ1n) is 6.97. The Morgan fingerprint density at radius 1 is 1.37 bits per heavy atom. The average Bonchev–Trinajstić information content (AvgIpc) is 2.45. The summed E-state index contributed by atoms with van der Waals surface area (Å²) in [5.41, 5.74) is 2.51. The van der Waals surface area contributed by atoms with Crippen molar-refractivity contribution in [3.05, 3.63) is 33.8 Å². The van der Waals surface area contributed by atoms with Crippen molar-refractivity contribution in [1.82, 2.24) is 5.32 Å². The Morgan fingerprint density at radius 3 is 2.84 bits per heavy atom. The Kier molecular flexibility index (Phi) is 6.31. The topological polar surface area (TPSA) is 30.5 Å². The van der Waals surface area contributed by atoms with Gasteiger partial charge in [0.15, 0.2) is 0 Å². The minimum absolute atomic E-state index is 0.349. The number of hydrogen-bond donors (Lipinski definition) is 1. The summed E-state index contributed by atoms with van der Waals surface area (Å²) in [6.07, 6.45) is 2.37. The minimum Gasteiger partial charge on any atom is -0.381 e. The zero-order chi connectivity index (χ0) is 13.5. The number of halogens is 1. The molecule has 0 unspecified atom stereocenters. The van der Waals surface area contributed by atoms with E-state index >= 15 is 0 Å². The summed E-state index contributed by atoms with van der Waals surface area (Å²) in [5.74, 6) is 0. The second-order valence-electron chi connectivity index (χ2n) is 4.83. The van der Waals surface area contributed by atoms with Crippen molar-refractivity contribution < 1.29 is 9.47 Å². The van der Waals surface area contributed by atoms with Gasteiger partial charge in [0.2, 0.25) is 0 Å². The molecule has 2 rings (SSSR count). The molecule has 19 heavy (non-hydrogen) atoms. The lowest BCUT2D eigenvalue weighted by Crippen LogP contribution is -2.23. The van der Waals surface area contributed by atoms with Gasteiger partial charge in [0.25, 0.3) is 0 Å². The van der Waals surface area contributed by atoms with Crippen LogP contribution >= 0.6 is 15.9 Å². The highest BCUT2D eigenvalue weighted by Gasteiger charge is 2.14. The second-order valence-corrected chi connectivity index (χ2v) is 5.68. The van der Waals surface area contributed by atoms with Crippen LogP contribution in [0.4, 0.5) is 0 Å². The van der Waals surface area contributed by atoms with Crippen molar-refractivity contribution in [2.75, 3.05) is 19.8 Å². The highest BCUT2D eigenvalue weighted by atomic mass is 79.9. The summed E-state index contributed by atoms with van der Waals surface area (Å²) in [7, 11) is 0. The van der Waals surface area contributed by atoms with E-state index in [9.17, 15) is 0 Å². The molecule has 1 saturated heterocycles. The smallest absolute Gasteiger partial charge is 0.0731 e. The third-order valence-corrected chi connectivity index (χ3v) is 4.08. The van der Waals surface area contributed by atoms with Gasteiger partial charge in [-0.2, -0.15) is 0 Å². The summed E-state index contributed by atoms with van der Waals surface area (Å²) < 4.78 is 12.4. The van der Waals surface area contributed by atoms with Crippen LogP contribution in [0, 0.1) is 0 Å². The summed E-state index contributed by atoms with van der Waals surface area (Å²) in [4.78, 5) is 0. The Labute approximate surface area is 123 Å². The second kappa shape index (κ2) is 8.00. The largest absolute Gasteiger partial charge is 0.381 e. The predicted octanol–water partition coefficient (Wildman–Crippen LogP) is 3.25. The maximum Gasteiger partial charge on any atom is 0.0731 e. The fourth-order valence-corrected chi connectivity index (χ4v) is 2.68. The summed E-state index contributed by atoms with van der Waals surface area (Å²) in [6, 6.07) is 6.48. The number of ether oxygens (including phenoxy) is 2. The molecule has 0 bridgehead atoms. The van der Waals surface area contributed by atoms with Crippen LogP contribution in [0.3, 0.4) is 0 Å². The molecule has 0 spiro atoms. The quantitative estimate of drug-likeness (QED) is 0.869. The van der Waals surface area contributed by atoms with Crippen LogP contribution in [0.25, 0.3) is 0 Å². The summed E-state index contributed by atoms with van der Waals surface area (Å²) >= 11 is 3.63. The van der Waals surface area contributed by atoms with Crippen molar-refractivity contribution in [3.8, 4) is 0 Å². The van der Waals surface area contributed by atoms with Crippen molar-refractivity contribution >= 4 is 15.9 Å². The molecule has 1 aliphatic heterocycles. The molecule has 1 aliphatic rings. The molecule has 106 valence electrons. The molecule has 0 aromatic heterocycles. The molecule has 0 aliphatic carbocycles. The lowest BCUT2D eigenvalue weighted by atomic mass is 10.1. The van der Waals surface area contributed by atoms with Crippen LogP contribution in [-0.4, -0.2) is 25.9 Å². The van der Waals surface area contributed by atoms with Gasteiger partial charge in [0.1, 0.15) is 0 Å². The van der Waals surface area contributed by atoms with E-state index < -0.39 is 0 Å². The van der Waals surface area contributed by atoms with Gasteiger partial charge in [-0.25, -0.2) is 0 Å². The lowest BCUT2D eigenvalue weighted by Gasteiger charge is -2.22. The molecular formula is C15H22BrNO2. The molecule has 1 aromatic carbocycles. The normalized spacial score (nSPS) is 16.7. The van der Waals surface area contributed by atoms with E-state index in [0.717, 1.165) is 43.6 Å². The van der Waals surface area contributed by atoms with E-state index in [0.29, 0.717) is 12.7 Å². The molecule has 0 radical (unpaired) electrons. The van der Waals surface area contributed by atoms with Gasteiger partial charge < -0.3 is 14.8 Å². The fraction of sp³-hybridized carbons (Fsp3) is 0.600. The first-order chi connectivity index (χ1) is 9.29. The van der Waals surface area contributed by atoms with Gasteiger partial charge in [-0.1, -0.05) is 35.0 Å². The Hall–Kier alpha value is -0.420. The van der Waals surface area contributed by atoms with E-state index in [1.807, 2.05) is 0 Å². The predicted molar refractivity (Wildman–Crippen MR) is 80.2 cm³/mol. The van der Waals surface area contributed by atoms with Crippen molar-refractivity contribution in [2.24, 2.45) is 0 Å². The number of hydrogen-bond acceptors (Lipinski definition) is 3. The highest BCUT2D eigenvalue weighted by molar-refractivity contribution is 9.10. The molecular weight excluding hydrogens is 306 g/mol.